The minimum absolute atomic E-state index is 0.224. The van der Waals surface area contributed by atoms with Crippen LogP contribution in [0.15, 0.2) is 0 Å². The van der Waals surface area contributed by atoms with E-state index < -0.39 is 6.09 Å². The number of aliphatic hydroxyl groups is 1. The van der Waals surface area contributed by atoms with Gasteiger partial charge in [-0.3, -0.25) is 0 Å². The molecule has 116 valence electrons. The molecule has 0 aromatic rings. The van der Waals surface area contributed by atoms with Crippen molar-refractivity contribution in [2.24, 2.45) is 22.7 Å². The first-order valence-corrected chi connectivity index (χ1v) is 7.89. The minimum Gasteiger partial charge on any atom is -0.465 e. The molecule has 0 aromatic carbocycles. The number of carbonyl (C=O) groups is 1. The third-order valence-electron chi connectivity index (χ3n) is 5.61. The highest BCUT2D eigenvalue weighted by Crippen LogP contribution is 2.60. The van der Waals surface area contributed by atoms with E-state index >= 15 is 0 Å². The van der Waals surface area contributed by atoms with Crippen LogP contribution in [-0.4, -0.2) is 40.9 Å². The summed E-state index contributed by atoms with van der Waals surface area (Å²) in [7, 11) is 0. The number of likely N-dealkylation sites (tertiary alicyclic amines) is 1. The summed E-state index contributed by atoms with van der Waals surface area (Å²) in [6.07, 6.45) is 4.48. The van der Waals surface area contributed by atoms with Crippen LogP contribution in [0, 0.1) is 22.7 Å². The predicted octanol–water partition coefficient (Wildman–Crippen LogP) is 3.20. The van der Waals surface area contributed by atoms with Crippen molar-refractivity contribution >= 4 is 6.09 Å². The summed E-state index contributed by atoms with van der Waals surface area (Å²) < 4.78 is 0. The van der Waals surface area contributed by atoms with E-state index in [1.807, 2.05) is 0 Å². The van der Waals surface area contributed by atoms with Gasteiger partial charge < -0.3 is 15.1 Å². The van der Waals surface area contributed by atoms with E-state index in [1.165, 1.54) is 12.8 Å². The Balaban J connectivity index is 2.16. The molecule has 0 radical (unpaired) electrons. The molecule has 2 unspecified atom stereocenters. The first kappa shape index (κ1) is 15.6. The van der Waals surface area contributed by atoms with Gasteiger partial charge in [0.05, 0.1) is 0 Å². The molecule has 4 nitrogen and oxygen atoms in total. The number of aliphatic hydroxyl groups excluding tert-OH is 1. The fourth-order valence-electron chi connectivity index (χ4n) is 5.10. The van der Waals surface area contributed by atoms with Crippen molar-refractivity contribution in [2.45, 2.75) is 52.9 Å². The third-order valence-corrected chi connectivity index (χ3v) is 5.61. The van der Waals surface area contributed by atoms with Crippen LogP contribution in [0.1, 0.15) is 52.9 Å². The Morgan fingerprint density at radius 2 is 1.85 bits per heavy atom. The summed E-state index contributed by atoms with van der Waals surface area (Å²) in [6.45, 7) is 8.53. The van der Waals surface area contributed by atoms with Crippen LogP contribution in [0.3, 0.4) is 0 Å². The van der Waals surface area contributed by atoms with Gasteiger partial charge in [-0.15, -0.1) is 0 Å². The van der Waals surface area contributed by atoms with Gasteiger partial charge in [0.15, 0.2) is 0 Å². The average molecular weight is 283 g/mol. The van der Waals surface area contributed by atoms with Crippen LogP contribution in [0.25, 0.3) is 0 Å². The van der Waals surface area contributed by atoms with Gasteiger partial charge in [0.25, 0.3) is 0 Å². The predicted molar refractivity (Wildman–Crippen MR) is 78.6 cm³/mol. The van der Waals surface area contributed by atoms with Gasteiger partial charge in [0.2, 0.25) is 0 Å². The Bertz CT molecular complexity index is 353. The molecule has 2 N–H and O–H groups in total. The summed E-state index contributed by atoms with van der Waals surface area (Å²) in [5.74, 6) is 1.19. The Morgan fingerprint density at radius 3 is 2.30 bits per heavy atom. The van der Waals surface area contributed by atoms with Crippen LogP contribution < -0.4 is 0 Å². The number of nitrogens with zero attached hydrogens (tertiary/aromatic N) is 1. The Kier molecular flexibility index (Phi) is 4.33. The molecule has 0 bridgehead atoms. The van der Waals surface area contributed by atoms with E-state index in [4.69, 9.17) is 5.11 Å². The van der Waals surface area contributed by atoms with Gasteiger partial charge in [-0.05, 0) is 54.8 Å². The molecule has 2 aliphatic rings. The highest BCUT2D eigenvalue weighted by atomic mass is 16.4. The Labute approximate surface area is 122 Å². The lowest BCUT2D eigenvalue weighted by atomic mass is 9.59. The third kappa shape index (κ3) is 2.80. The second-order valence-corrected chi connectivity index (χ2v) is 7.79. The lowest BCUT2D eigenvalue weighted by Gasteiger charge is -2.49. The largest absolute Gasteiger partial charge is 0.465 e. The van der Waals surface area contributed by atoms with E-state index in [2.05, 4.69) is 20.8 Å². The summed E-state index contributed by atoms with van der Waals surface area (Å²) in [5, 5.41) is 18.5. The molecule has 1 saturated carbocycles. The highest BCUT2D eigenvalue weighted by Gasteiger charge is 2.53. The molecule has 1 heterocycles. The number of carboxylic acid groups (broad SMARTS) is 1. The maximum Gasteiger partial charge on any atom is 0.407 e. The Morgan fingerprint density at radius 1 is 1.25 bits per heavy atom. The molecule has 2 fully saturated rings. The monoisotopic (exact) mass is 283 g/mol. The molecule has 2 rings (SSSR count). The zero-order valence-electron chi connectivity index (χ0n) is 13.1. The standard InChI is InChI=1S/C16H29NO3/c1-15(2,3)13-12(5-11-18)4-6-16(13)7-9-17(10-8-16)14(19)20/h12-13,18H,4-11H2,1-3H3,(H,19,20). The topological polar surface area (TPSA) is 60.8 Å². The van der Waals surface area contributed by atoms with Crippen molar-refractivity contribution in [1.29, 1.82) is 0 Å². The second-order valence-electron chi connectivity index (χ2n) is 7.79. The highest BCUT2D eigenvalue weighted by molar-refractivity contribution is 5.65. The van der Waals surface area contributed by atoms with Crippen molar-refractivity contribution in [3.8, 4) is 0 Å². The van der Waals surface area contributed by atoms with Gasteiger partial charge in [-0.2, -0.15) is 0 Å². The number of amides is 1. The van der Waals surface area contributed by atoms with Crippen LogP contribution in [-0.2, 0) is 0 Å². The van der Waals surface area contributed by atoms with Crippen LogP contribution in [0.5, 0.6) is 0 Å². The fourth-order valence-corrected chi connectivity index (χ4v) is 5.10. The average Bonchev–Trinajstić information content (AvgIpc) is 2.69. The van der Waals surface area contributed by atoms with Crippen LogP contribution in [0.2, 0.25) is 0 Å². The maximum atomic E-state index is 11.1. The molecule has 20 heavy (non-hydrogen) atoms. The fraction of sp³-hybridized carbons (Fsp3) is 0.938. The maximum absolute atomic E-state index is 11.1. The molecule has 4 heteroatoms. The first-order chi connectivity index (χ1) is 9.30. The first-order valence-electron chi connectivity index (χ1n) is 7.89. The lowest BCUT2D eigenvalue weighted by molar-refractivity contribution is -0.00115. The normalized spacial score (nSPS) is 29.9. The molecule has 0 aromatic heterocycles. The molecule has 1 spiro atoms. The van der Waals surface area contributed by atoms with E-state index in [9.17, 15) is 9.90 Å². The lowest BCUT2D eigenvalue weighted by Crippen LogP contribution is -2.47. The van der Waals surface area contributed by atoms with Crippen molar-refractivity contribution in [3.05, 3.63) is 0 Å². The van der Waals surface area contributed by atoms with E-state index in [0.717, 1.165) is 19.3 Å². The minimum atomic E-state index is -0.780. The Hall–Kier alpha value is -0.770. The summed E-state index contributed by atoms with van der Waals surface area (Å²) >= 11 is 0. The quantitative estimate of drug-likeness (QED) is 0.818. The number of piperidine rings is 1. The second kappa shape index (κ2) is 5.55. The molecular weight excluding hydrogens is 254 g/mol. The van der Waals surface area contributed by atoms with Crippen molar-refractivity contribution in [1.82, 2.24) is 4.90 Å². The molecule has 2 atom stereocenters. The van der Waals surface area contributed by atoms with Gasteiger partial charge >= 0.3 is 6.09 Å². The zero-order valence-corrected chi connectivity index (χ0v) is 13.1. The molecule has 1 aliphatic carbocycles. The number of hydrogen-bond acceptors (Lipinski definition) is 2. The summed E-state index contributed by atoms with van der Waals surface area (Å²) in [4.78, 5) is 12.7. The van der Waals surface area contributed by atoms with Crippen molar-refractivity contribution < 1.29 is 15.0 Å². The van der Waals surface area contributed by atoms with Crippen LogP contribution >= 0.6 is 0 Å². The van der Waals surface area contributed by atoms with Gasteiger partial charge in [0.1, 0.15) is 0 Å². The SMILES string of the molecule is CC(C)(C)C1C(CCO)CCC12CCN(C(=O)O)CC2. The van der Waals surface area contributed by atoms with Crippen molar-refractivity contribution in [3.63, 3.8) is 0 Å². The smallest absolute Gasteiger partial charge is 0.407 e. The number of hydrogen-bond donors (Lipinski definition) is 2. The zero-order chi connectivity index (χ0) is 15.0. The summed E-state index contributed by atoms with van der Waals surface area (Å²) in [6, 6.07) is 0. The summed E-state index contributed by atoms with van der Waals surface area (Å²) in [5.41, 5.74) is 0.520. The van der Waals surface area contributed by atoms with E-state index in [0.29, 0.717) is 30.3 Å². The molecular formula is C16H29NO3. The van der Waals surface area contributed by atoms with Gasteiger partial charge in [-0.1, -0.05) is 20.8 Å². The van der Waals surface area contributed by atoms with Crippen LogP contribution in [0.4, 0.5) is 4.79 Å². The molecule has 1 amide bonds. The van der Waals surface area contributed by atoms with E-state index in [1.54, 1.807) is 4.90 Å². The molecule has 1 saturated heterocycles. The number of rotatable bonds is 2. The van der Waals surface area contributed by atoms with Crippen molar-refractivity contribution in [2.75, 3.05) is 19.7 Å². The van der Waals surface area contributed by atoms with Gasteiger partial charge in [-0.25, -0.2) is 4.79 Å². The van der Waals surface area contributed by atoms with E-state index in [-0.39, 0.29) is 12.0 Å². The molecule has 1 aliphatic heterocycles. The van der Waals surface area contributed by atoms with Gasteiger partial charge in [0, 0.05) is 19.7 Å².